The van der Waals surface area contributed by atoms with E-state index in [2.05, 4.69) is 24.8 Å². The topological polar surface area (TPSA) is 107 Å². The molecule has 0 saturated carbocycles. The lowest BCUT2D eigenvalue weighted by Gasteiger charge is -2.12. The number of ether oxygens (including phenoxy) is 1. The molecule has 0 aliphatic rings. The van der Waals surface area contributed by atoms with Crippen LogP contribution in [0.1, 0.15) is 45.1 Å². The van der Waals surface area contributed by atoms with Crippen LogP contribution in [-0.4, -0.2) is 27.0 Å². The maximum absolute atomic E-state index is 12.3. The van der Waals surface area contributed by atoms with Crippen LogP contribution in [0.25, 0.3) is 17.1 Å². The molecule has 1 heterocycles. The lowest BCUT2D eigenvalue weighted by atomic mass is 9.92. The van der Waals surface area contributed by atoms with Crippen molar-refractivity contribution < 1.29 is 22.7 Å². The Morgan fingerprint density at radius 1 is 1.15 bits per heavy atom. The number of amides is 1. The summed E-state index contributed by atoms with van der Waals surface area (Å²) in [5.41, 5.74) is 8.85. The summed E-state index contributed by atoms with van der Waals surface area (Å²) in [7, 11) is 0. The fraction of sp³-hybridized carbons (Fsp3) is 0.318. The van der Waals surface area contributed by atoms with Gasteiger partial charge in [-0.25, -0.2) is 9.67 Å². The van der Waals surface area contributed by atoms with E-state index in [1.54, 1.807) is 0 Å². The highest BCUT2D eigenvalue weighted by Crippen LogP contribution is 2.27. The van der Waals surface area contributed by atoms with Crippen molar-refractivity contribution in [2.45, 2.75) is 45.9 Å². The molecule has 11 heteroatoms. The van der Waals surface area contributed by atoms with E-state index in [1.807, 2.05) is 45.0 Å². The van der Waals surface area contributed by atoms with E-state index < -0.39 is 12.3 Å². The average Bonchev–Trinajstić information content (AvgIpc) is 3.29. The van der Waals surface area contributed by atoms with E-state index in [1.165, 1.54) is 35.3 Å². The zero-order valence-corrected chi connectivity index (χ0v) is 18.4. The molecule has 1 atom stereocenters. The number of nitrogens with zero attached hydrogens (tertiary/aromatic N) is 5. The first-order valence-electron chi connectivity index (χ1n) is 10.3. The Hall–Kier alpha value is -3.85. The van der Waals surface area contributed by atoms with Crippen LogP contribution in [-0.2, 0) is 4.79 Å². The highest BCUT2D eigenvalue weighted by Gasteiger charge is 2.31. The highest BCUT2D eigenvalue weighted by molar-refractivity contribution is 5.77. The monoisotopic (exact) mass is 461 g/mol. The molecule has 174 valence electrons. The number of hydrogen-bond donors (Lipinski definition) is 1. The fourth-order valence-electron chi connectivity index (χ4n) is 3.03. The molecule has 8 nitrogen and oxygen atoms in total. The predicted molar refractivity (Wildman–Crippen MR) is 115 cm³/mol. The number of rotatable bonds is 7. The summed E-state index contributed by atoms with van der Waals surface area (Å²) >= 11 is 0. The smallest absolute Gasteiger partial charge is 0.406 e. The third-order valence-corrected chi connectivity index (χ3v) is 4.54. The second kappa shape index (κ2) is 11.7. The Labute approximate surface area is 188 Å². The summed E-state index contributed by atoms with van der Waals surface area (Å²) in [4.78, 5) is 18.7. The Morgan fingerprint density at radius 3 is 2.33 bits per heavy atom. The van der Waals surface area contributed by atoms with Crippen molar-refractivity contribution in [3.05, 3.63) is 60.4 Å². The van der Waals surface area contributed by atoms with Gasteiger partial charge in [-0.2, -0.15) is 0 Å². The van der Waals surface area contributed by atoms with Crippen LogP contribution in [0, 0.1) is 5.53 Å². The zero-order valence-electron chi connectivity index (χ0n) is 18.4. The number of carbonyl (C=O) groups is 1. The molecule has 1 aromatic heterocycles. The molecule has 3 aromatic rings. The van der Waals surface area contributed by atoms with Crippen LogP contribution in [0.4, 0.5) is 13.2 Å². The molecule has 0 saturated heterocycles. The quantitative estimate of drug-likeness (QED) is 0.353. The molecule has 1 amide bonds. The molecule has 1 unspecified atom stereocenters. The summed E-state index contributed by atoms with van der Waals surface area (Å²) < 4.78 is 42.1. The van der Waals surface area contributed by atoms with E-state index in [0.29, 0.717) is 11.5 Å². The average molecular weight is 461 g/mol. The minimum atomic E-state index is -4.75. The maximum atomic E-state index is 12.3. The number of hydrogen-bond acceptors (Lipinski definition) is 5. The van der Waals surface area contributed by atoms with Gasteiger partial charge in [0, 0.05) is 12.0 Å². The van der Waals surface area contributed by atoms with Crippen molar-refractivity contribution in [1.82, 2.24) is 19.7 Å². The predicted octanol–water partition coefficient (Wildman–Crippen LogP) is 5.82. The zero-order chi connectivity index (χ0) is 24.4. The molecule has 0 aliphatic heterocycles. The molecule has 33 heavy (non-hydrogen) atoms. The van der Waals surface area contributed by atoms with Crippen LogP contribution in [0.15, 0.2) is 60.0 Å². The summed E-state index contributed by atoms with van der Waals surface area (Å²) in [5.74, 6) is -0.373. The minimum absolute atomic E-state index is 0.0463. The van der Waals surface area contributed by atoms with E-state index in [4.69, 9.17) is 5.53 Å². The molecular weight excluding hydrogens is 437 g/mol. The second-order valence-electron chi connectivity index (χ2n) is 6.58. The highest BCUT2D eigenvalue weighted by atomic mass is 19.4. The van der Waals surface area contributed by atoms with Gasteiger partial charge in [0.05, 0.1) is 5.69 Å². The number of alkyl halides is 3. The number of aromatic nitrogens is 3. The summed E-state index contributed by atoms with van der Waals surface area (Å²) in [5, 5.41) is 7.59. The summed E-state index contributed by atoms with van der Waals surface area (Å²) in [6.45, 7) is 5.96. The van der Waals surface area contributed by atoms with E-state index in [-0.39, 0.29) is 18.1 Å². The van der Waals surface area contributed by atoms with E-state index >= 15 is 0 Å². The molecule has 0 aliphatic carbocycles. The molecule has 2 aromatic carbocycles. The fourth-order valence-corrected chi connectivity index (χ4v) is 3.03. The Kier molecular flexibility index (Phi) is 8.99. The molecular formula is C22H24F3N6O2+. The van der Waals surface area contributed by atoms with Crippen molar-refractivity contribution in [3.8, 4) is 22.8 Å². The van der Waals surface area contributed by atoms with Gasteiger partial charge in [0.2, 0.25) is 4.91 Å². The second-order valence-corrected chi connectivity index (χ2v) is 6.58. The van der Waals surface area contributed by atoms with E-state index in [0.717, 1.165) is 17.5 Å². The maximum Gasteiger partial charge on any atom is 0.573 e. The standard InChI is InChI=1S/C20H18F3N6O2.C2H6/c1-2-13(11-18(30)26-28-24)14-3-5-15(6-4-14)19-25-12-29(27-19)16-7-9-17(10-8-16)31-20(21,22)23;1-2/h3-10,12-13,24H,2,11H2,1H3;1-2H3/q+1;. The van der Waals surface area contributed by atoms with Gasteiger partial charge in [0.15, 0.2) is 10.9 Å². The number of carbonyl (C=O) groups excluding carboxylic acids is 1. The molecule has 0 fully saturated rings. The van der Waals surface area contributed by atoms with Gasteiger partial charge in [-0.05, 0) is 42.2 Å². The summed E-state index contributed by atoms with van der Waals surface area (Å²) in [6, 6.07) is 12.7. The Bertz CT molecular complexity index is 1090. The van der Waals surface area contributed by atoms with Crippen LogP contribution >= 0.6 is 0 Å². The van der Waals surface area contributed by atoms with Crippen LogP contribution in [0.3, 0.4) is 0 Å². The van der Waals surface area contributed by atoms with Gasteiger partial charge in [-0.15, -0.1) is 18.3 Å². The normalized spacial score (nSPS) is 11.6. The van der Waals surface area contributed by atoms with Gasteiger partial charge in [0.25, 0.3) is 0 Å². The van der Waals surface area contributed by atoms with Gasteiger partial charge < -0.3 is 4.74 Å². The Balaban J connectivity index is 0.00000187. The van der Waals surface area contributed by atoms with Crippen molar-refractivity contribution in [3.63, 3.8) is 0 Å². The molecule has 3 rings (SSSR count). The SMILES string of the molecule is CC.CCC(CC(=O)N=[N+]=N)c1ccc(-c2ncn(-c3ccc(OC(F)(F)F)cc3)n2)cc1. The van der Waals surface area contributed by atoms with Crippen LogP contribution in [0.5, 0.6) is 5.75 Å². The Morgan fingerprint density at radius 2 is 1.79 bits per heavy atom. The van der Waals surface area contributed by atoms with Crippen LogP contribution < -0.4 is 9.65 Å². The van der Waals surface area contributed by atoms with Crippen molar-refractivity contribution in [2.24, 2.45) is 5.11 Å². The molecule has 0 spiro atoms. The molecule has 1 N–H and O–H groups in total. The van der Waals surface area contributed by atoms with Gasteiger partial charge in [-0.3, -0.25) is 4.79 Å². The third-order valence-electron chi connectivity index (χ3n) is 4.54. The third kappa shape index (κ3) is 7.36. The van der Waals surface area contributed by atoms with Gasteiger partial charge >= 0.3 is 12.3 Å². The largest absolute Gasteiger partial charge is 0.573 e. The van der Waals surface area contributed by atoms with Crippen molar-refractivity contribution in [1.29, 1.82) is 5.53 Å². The van der Waals surface area contributed by atoms with Crippen molar-refractivity contribution >= 4 is 5.91 Å². The first kappa shape index (κ1) is 25.4. The lowest BCUT2D eigenvalue weighted by Crippen LogP contribution is -2.17. The molecule has 0 radical (unpaired) electrons. The molecule has 0 bridgehead atoms. The van der Waals surface area contributed by atoms with Crippen LogP contribution in [0.2, 0.25) is 0 Å². The van der Waals surface area contributed by atoms with E-state index in [9.17, 15) is 18.0 Å². The number of benzene rings is 2. The first-order chi connectivity index (χ1) is 15.8. The van der Waals surface area contributed by atoms with Gasteiger partial charge in [0.1, 0.15) is 17.6 Å². The lowest BCUT2D eigenvalue weighted by molar-refractivity contribution is -0.274. The van der Waals surface area contributed by atoms with Crippen molar-refractivity contribution in [2.75, 3.05) is 0 Å². The number of nitrogens with one attached hydrogen (secondary N) is 1. The summed E-state index contributed by atoms with van der Waals surface area (Å²) in [6.07, 6.45) is -2.40. The minimum Gasteiger partial charge on any atom is -0.406 e. The first-order valence-corrected chi connectivity index (χ1v) is 10.3. The number of halogens is 3. The van der Waals surface area contributed by atoms with Gasteiger partial charge in [-0.1, -0.05) is 45.0 Å².